The van der Waals surface area contributed by atoms with Gasteiger partial charge in [-0.3, -0.25) is 4.98 Å². The van der Waals surface area contributed by atoms with E-state index in [1.807, 2.05) is 0 Å². The summed E-state index contributed by atoms with van der Waals surface area (Å²) in [5.41, 5.74) is 6.86. The Labute approximate surface area is 113 Å². The lowest BCUT2D eigenvalue weighted by atomic mass is 10.3. The molecule has 0 saturated heterocycles. The third kappa shape index (κ3) is 2.05. The van der Waals surface area contributed by atoms with Crippen molar-refractivity contribution in [1.82, 2.24) is 15.0 Å². The molecular formula is C13H12N4O3. The number of H-pyrrole nitrogens is 2. The summed E-state index contributed by atoms with van der Waals surface area (Å²) in [4.78, 5) is 20.6. The Hall–Kier alpha value is -2.96. The van der Waals surface area contributed by atoms with Crippen molar-refractivity contribution in [2.75, 3.05) is 12.8 Å². The summed E-state index contributed by atoms with van der Waals surface area (Å²) in [5, 5.41) is 0. The summed E-state index contributed by atoms with van der Waals surface area (Å²) in [5.74, 6) is 1.46. The van der Waals surface area contributed by atoms with Crippen molar-refractivity contribution in [3.05, 3.63) is 40.9 Å². The van der Waals surface area contributed by atoms with Crippen LogP contribution in [-0.2, 0) is 0 Å². The van der Waals surface area contributed by atoms with Crippen molar-refractivity contribution in [3.8, 4) is 17.2 Å². The third-order valence-electron chi connectivity index (χ3n) is 2.79. The zero-order valence-electron chi connectivity index (χ0n) is 10.6. The second-order valence-electron chi connectivity index (χ2n) is 4.12. The number of ether oxygens (including phenoxy) is 2. The van der Waals surface area contributed by atoms with Crippen LogP contribution in [0.15, 0.2) is 35.3 Å². The first-order valence-corrected chi connectivity index (χ1v) is 5.86. The predicted octanol–water partition coefficient (Wildman–Crippen LogP) is 1.63. The minimum Gasteiger partial charge on any atom is -0.493 e. The molecule has 0 saturated carbocycles. The lowest BCUT2D eigenvalue weighted by Crippen LogP contribution is -1.99. The fourth-order valence-electron chi connectivity index (χ4n) is 1.89. The molecule has 2 aromatic heterocycles. The fourth-order valence-corrected chi connectivity index (χ4v) is 1.89. The highest BCUT2D eigenvalue weighted by atomic mass is 16.5. The van der Waals surface area contributed by atoms with Gasteiger partial charge in [0, 0.05) is 24.0 Å². The number of rotatable bonds is 3. The predicted molar refractivity (Wildman–Crippen MR) is 74.2 cm³/mol. The Morgan fingerprint density at radius 2 is 2.00 bits per heavy atom. The van der Waals surface area contributed by atoms with Crippen molar-refractivity contribution in [2.45, 2.75) is 0 Å². The zero-order chi connectivity index (χ0) is 14.1. The Kier molecular flexibility index (Phi) is 2.79. The second-order valence-corrected chi connectivity index (χ2v) is 4.12. The number of pyridine rings is 1. The maximum Gasteiger partial charge on any atom is 0.325 e. The Morgan fingerprint density at radius 1 is 1.15 bits per heavy atom. The van der Waals surface area contributed by atoms with Crippen LogP contribution in [0.3, 0.4) is 0 Å². The molecular weight excluding hydrogens is 260 g/mol. The molecule has 7 heteroatoms. The van der Waals surface area contributed by atoms with E-state index in [1.54, 1.807) is 37.6 Å². The molecule has 0 aliphatic heterocycles. The van der Waals surface area contributed by atoms with Gasteiger partial charge in [0.25, 0.3) is 0 Å². The zero-order valence-corrected chi connectivity index (χ0v) is 10.6. The number of nitrogens with zero attached hydrogens (tertiary/aromatic N) is 1. The quantitative estimate of drug-likeness (QED) is 0.628. The number of imidazole rings is 1. The highest BCUT2D eigenvalue weighted by Crippen LogP contribution is 2.34. The van der Waals surface area contributed by atoms with E-state index >= 15 is 0 Å². The summed E-state index contributed by atoms with van der Waals surface area (Å²) in [6, 6.07) is 6.72. The van der Waals surface area contributed by atoms with Crippen LogP contribution in [0.2, 0.25) is 0 Å². The summed E-state index contributed by atoms with van der Waals surface area (Å²) in [6.45, 7) is 0. The largest absolute Gasteiger partial charge is 0.493 e. The molecule has 7 nitrogen and oxygen atoms in total. The van der Waals surface area contributed by atoms with Gasteiger partial charge in [-0.05, 0) is 12.1 Å². The molecule has 0 unspecified atom stereocenters. The molecule has 2 heterocycles. The van der Waals surface area contributed by atoms with Gasteiger partial charge >= 0.3 is 5.69 Å². The van der Waals surface area contributed by atoms with Gasteiger partial charge in [0.05, 0.1) is 7.11 Å². The van der Waals surface area contributed by atoms with Crippen LogP contribution in [0.1, 0.15) is 0 Å². The van der Waals surface area contributed by atoms with E-state index in [0.717, 1.165) is 0 Å². The van der Waals surface area contributed by atoms with Gasteiger partial charge in [0.2, 0.25) is 0 Å². The molecule has 20 heavy (non-hydrogen) atoms. The minimum atomic E-state index is -0.344. The Morgan fingerprint density at radius 3 is 2.80 bits per heavy atom. The van der Waals surface area contributed by atoms with Gasteiger partial charge in [0.1, 0.15) is 5.52 Å². The number of aromatic amines is 2. The van der Waals surface area contributed by atoms with Crippen molar-refractivity contribution in [3.63, 3.8) is 0 Å². The van der Waals surface area contributed by atoms with E-state index in [1.165, 1.54) is 0 Å². The average molecular weight is 272 g/mol. The van der Waals surface area contributed by atoms with Crippen molar-refractivity contribution in [1.29, 1.82) is 0 Å². The van der Waals surface area contributed by atoms with Gasteiger partial charge in [0.15, 0.2) is 22.9 Å². The smallest absolute Gasteiger partial charge is 0.325 e. The molecule has 3 rings (SSSR count). The highest BCUT2D eigenvalue weighted by molar-refractivity contribution is 5.77. The average Bonchev–Trinajstić information content (AvgIpc) is 2.80. The number of hydrogen-bond donors (Lipinski definition) is 3. The van der Waals surface area contributed by atoms with Gasteiger partial charge in [-0.2, -0.15) is 0 Å². The summed E-state index contributed by atoms with van der Waals surface area (Å²) < 4.78 is 11.0. The molecule has 0 atom stereocenters. The van der Waals surface area contributed by atoms with Crippen LogP contribution in [0, 0.1) is 0 Å². The number of aromatic nitrogens is 3. The molecule has 0 radical (unpaired) electrons. The summed E-state index contributed by atoms with van der Waals surface area (Å²) >= 11 is 0. The topological polar surface area (TPSA) is 106 Å². The number of benzene rings is 1. The molecule has 0 spiro atoms. The first-order valence-electron chi connectivity index (χ1n) is 5.86. The number of hydrogen-bond acceptors (Lipinski definition) is 5. The van der Waals surface area contributed by atoms with Gasteiger partial charge < -0.3 is 20.2 Å². The van der Waals surface area contributed by atoms with Crippen LogP contribution in [0.4, 0.5) is 5.69 Å². The van der Waals surface area contributed by atoms with E-state index < -0.39 is 0 Å². The van der Waals surface area contributed by atoms with E-state index in [0.29, 0.717) is 34.1 Å². The summed E-state index contributed by atoms with van der Waals surface area (Å²) in [7, 11) is 1.54. The third-order valence-corrected chi connectivity index (χ3v) is 2.79. The standard InChI is InChI=1S/C13H12N4O3/c1-19-8-3-2-7(14)6-10(8)20-9-4-5-15-12-11(9)16-13(18)17-12/h2-6H,14H2,1H3,(H2,15,16,17,18). The van der Waals surface area contributed by atoms with E-state index in [2.05, 4.69) is 15.0 Å². The van der Waals surface area contributed by atoms with Crippen LogP contribution in [0.5, 0.6) is 17.2 Å². The number of methoxy groups -OCH3 is 1. The minimum absolute atomic E-state index is 0.344. The van der Waals surface area contributed by atoms with E-state index in [-0.39, 0.29) is 5.69 Å². The fraction of sp³-hybridized carbons (Fsp3) is 0.0769. The molecule has 3 aromatic rings. The molecule has 4 N–H and O–H groups in total. The lowest BCUT2D eigenvalue weighted by Gasteiger charge is -2.11. The Balaban J connectivity index is 2.09. The number of nitrogen functional groups attached to an aromatic ring is 1. The van der Waals surface area contributed by atoms with E-state index in [4.69, 9.17) is 15.2 Å². The van der Waals surface area contributed by atoms with Crippen LogP contribution in [-0.4, -0.2) is 22.1 Å². The molecule has 0 aliphatic carbocycles. The van der Waals surface area contributed by atoms with Crippen LogP contribution in [0.25, 0.3) is 11.2 Å². The summed E-state index contributed by atoms with van der Waals surface area (Å²) in [6.07, 6.45) is 1.54. The van der Waals surface area contributed by atoms with Crippen LogP contribution >= 0.6 is 0 Å². The van der Waals surface area contributed by atoms with Gasteiger partial charge in [-0.15, -0.1) is 0 Å². The second kappa shape index (κ2) is 4.61. The number of nitrogens with one attached hydrogen (secondary N) is 2. The monoisotopic (exact) mass is 272 g/mol. The molecule has 0 bridgehead atoms. The van der Waals surface area contributed by atoms with Gasteiger partial charge in [-0.1, -0.05) is 0 Å². The Bertz CT molecular complexity index is 822. The number of anilines is 1. The van der Waals surface area contributed by atoms with Gasteiger partial charge in [-0.25, -0.2) is 9.78 Å². The van der Waals surface area contributed by atoms with Crippen molar-refractivity contribution < 1.29 is 9.47 Å². The van der Waals surface area contributed by atoms with Crippen molar-refractivity contribution >= 4 is 16.9 Å². The maximum absolute atomic E-state index is 11.3. The molecule has 102 valence electrons. The SMILES string of the molecule is COc1ccc(N)cc1Oc1ccnc2[nH]c(=O)[nH]c12. The molecule has 0 amide bonds. The molecule has 0 aliphatic rings. The molecule has 1 aromatic carbocycles. The lowest BCUT2D eigenvalue weighted by molar-refractivity contribution is 0.380. The maximum atomic E-state index is 11.3. The first kappa shape index (κ1) is 12.1. The molecule has 0 fully saturated rings. The number of fused-ring (bicyclic) bond motifs is 1. The van der Waals surface area contributed by atoms with E-state index in [9.17, 15) is 4.79 Å². The first-order chi connectivity index (χ1) is 9.67. The van der Waals surface area contributed by atoms with Crippen molar-refractivity contribution in [2.24, 2.45) is 0 Å². The number of nitrogens with two attached hydrogens (primary N) is 1. The highest BCUT2D eigenvalue weighted by Gasteiger charge is 2.11. The van der Waals surface area contributed by atoms with Crippen LogP contribution < -0.4 is 20.9 Å². The normalized spacial score (nSPS) is 10.7.